The van der Waals surface area contributed by atoms with E-state index in [4.69, 9.17) is 9.79 Å². The summed E-state index contributed by atoms with van der Waals surface area (Å²) in [5.74, 6) is -0.240. The van der Waals surface area contributed by atoms with E-state index in [1.807, 2.05) is 0 Å². The summed E-state index contributed by atoms with van der Waals surface area (Å²) in [4.78, 5) is 16.9. The van der Waals surface area contributed by atoms with Crippen LogP contribution in [0.5, 0.6) is 0 Å². The first-order valence-corrected chi connectivity index (χ1v) is 17.5. The van der Waals surface area contributed by atoms with E-state index in [0.717, 1.165) is 0 Å². The van der Waals surface area contributed by atoms with Crippen LogP contribution in [0, 0.1) is 0 Å². The molecule has 0 aromatic carbocycles. The first-order valence-electron chi connectivity index (χ1n) is 4.10. The molecule has 0 aliphatic heterocycles. The maximum atomic E-state index is 11.0. The molecule has 0 fully saturated rings. The van der Waals surface area contributed by atoms with Gasteiger partial charge in [-0.3, -0.25) is 13.7 Å². The lowest BCUT2D eigenvalue weighted by Gasteiger charge is -2.11. The van der Waals surface area contributed by atoms with Gasteiger partial charge < -0.3 is 14.3 Å². The molecule has 2 N–H and O–H groups in total. The maximum Gasteiger partial charge on any atom is 0.209 e. The summed E-state index contributed by atoms with van der Waals surface area (Å²) in [5.41, 5.74) is 0. The zero-order valence-corrected chi connectivity index (χ0v) is 17.3. The summed E-state index contributed by atoms with van der Waals surface area (Å²) in [6, 6.07) is 0. The monoisotopic (exact) mass is 534 g/mol. The standard InChI is InChI=1S/C4H12O4P2.C2H7O2P.I2/c1-8-10(3,7)4-9(2,5)6;1-5(2,3)4;1-2/h4H2,1-3H3,(H,5,6);1-2H3,(H,3,4);. The van der Waals surface area contributed by atoms with Gasteiger partial charge in [-0.25, -0.2) is 0 Å². The van der Waals surface area contributed by atoms with Crippen LogP contribution in [0.15, 0.2) is 0 Å². The molecule has 0 saturated heterocycles. The molecule has 0 aromatic heterocycles. The summed E-state index contributed by atoms with van der Waals surface area (Å²) >= 11 is 4.24. The Hall–Kier alpha value is 2.03. The summed E-state index contributed by atoms with van der Waals surface area (Å²) in [7, 11) is -7.36. The summed E-state index contributed by atoms with van der Waals surface area (Å²) in [6.07, 6.45) is 0. The van der Waals surface area contributed by atoms with Crippen molar-refractivity contribution in [3.05, 3.63) is 0 Å². The zero-order valence-electron chi connectivity index (χ0n) is 10.3. The van der Waals surface area contributed by atoms with Gasteiger partial charge in [-0.2, -0.15) is 0 Å². The molecule has 0 bridgehead atoms. The van der Waals surface area contributed by atoms with Gasteiger partial charge in [0.15, 0.2) is 7.37 Å². The number of hydrogen-bond donors (Lipinski definition) is 2. The Morgan fingerprint density at radius 2 is 1.24 bits per heavy atom. The lowest BCUT2D eigenvalue weighted by atomic mass is 11.8. The average Bonchev–Trinajstić information content (AvgIpc) is 2.01. The molecule has 2 unspecified atom stereocenters. The van der Waals surface area contributed by atoms with E-state index in [0.29, 0.717) is 0 Å². The number of hydrogen-bond acceptors (Lipinski definition) is 4. The fourth-order valence-corrected chi connectivity index (χ4v) is 4.81. The molecular weight excluding hydrogens is 515 g/mol. The summed E-state index contributed by atoms with van der Waals surface area (Å²) in [5, 5.41) is 0. The quantitative estimate of drug-likeness (QED) is 0.424. The van der Waals surface area contributed by atoms with Gasteiger partial charge in [-0.05, 0) is 0 Å². The van der Waals surface area contributed by atoms with Crippen LogP contribution >= 0.6 is 59.3 Å². The minimum absolute atomic E-state index is 0.240. The minimum Gasteiger partial charge on any atom is -0.345 e. The molecule has 0 saturated carbocycles. The third-order valence-corrected chi connectivity index (χ3v) is 5.83. The fourth-order valence-electron chi connectivity index (χ4n) is 0.534. The topological polar surface area (TPSA) is 101 Å². The molecule has 0 radical (unpaired) electrons. The van der Waals surface area contributed by atoms with Crippen LogP contribution in [0.4, 0.5) is 0 Å². The van der Waals surface area contributed by atoms with E-state index in [2.05, 4.69) is 41.8 Å². The zero-order chi connectivity index (χ0) is 14.9. The number of rotatable bonds is 3. The van der Waals surface area contributed by atoms with E-state index in [9.17, 15) is 13.7 Å². The molecule has 0 heterocycles. The van der Waals surface area contributed by atoms with E-state index in [1.54, 1.807) is 0 Å². The second-order valence-corrected chi connectivity index (χ2v) is 11.9. The Balaban J connectivity index is -0.000000236. The smallest absolute Gasteiger partial charge is 0.209 e. The Morgan fingerprint density at radius 1 is 1.00 bits per heavy atom. The molecule has 0 amide bonds. The molecule has 2 atom stereocenters. The van der Waals surface area contributed by atoms with E-state index >= 15 is 0 Å². The van der Waals surface area contributed by atoms with Gasteiger partial charge in [0.2, 0.25) is 14.7 Å². The third-order valence-electron chi connectivity index (χ3n) is 0.906. The van der Waals surface area contributed by atoms with Crippen molar-refractivity contribution in [2.24, 2.45) is 0 Å². The first kappa shape index (κ1) is 24.1. The highest BCUT2D eigenvalue weighted by molar-refractivity contribution is 15.0. The van der Waals surface area contributed by atoms with Crippen molar-refractivity contribution in [1.82, 2.24) is 0 Å². The highest BCUT2D eigenvalue weighted by atomic mass is 128. The molecule has 6 nitrogen and oxygen atoms in total. The van der Waals surface area contributed by atoms with Crippen molar-refractivity contribution in [1.29, 1.82) is 0 Å². The molecule has 0 spiro atoms. The van der Waals surface area contributed by atoms with Gasteiger partial charge in [-0.1, -0.05) is 0 Å². The lowest BCUT2D eigenvalue weighted by Crippen LogP contribution is -1.90. The Labute approximate surface area is 126 Å². The highest BCUT2D eigenvalue weighted by Gasteiger charge is 2.23. The van der Waals surface area contributed by atoms with Crippen molar-refractivity contribution in [2.75, 3.05) is 39.7 Å². The maximum absolute atomic E-state index is 11.0. The molecule has 11 heteroatoms. The van der Waals surface area contributed by atoms with Crippen molar-refractivity contribution >= 4 is 59.3 Å². The molecule has 17 heavy (non-hydrogen) atoms. The van der Waals surface area contributed by atoms with Crippen molar-refractivity contribution in [2.45, 2.75) is 0 Å². The largest absolute Gasteiger partial charge is 0.345 e. The molecule has 0 aliphatic rings. The second-order valence-electron chi connectivity index (χ2n) is 3.68. The molecule has 0 aliphatic carbocycles. The van der Waals surface area contributed by atoms with Crippen LogP contribution in [0.1, 0.15) is 0 Å². The predicted molar refractivity (Wildman–Crippen MR) is 90.9 cm³/mol. The molecule has 0 aromatic rings. The molecule has 0 rings (SSSR count). The third kappa shape index (κ3) is 38.1. The van der Waals surface area contributed by atoms with Crippen LogP contribution in [0.25, 0.3) is 0 Å². The van der Waals surface area contributed by atoms with Gasteiger partial charge in [0.05, 0.1) is 0 Å². The fraction of sp³-hybridized carbons (Fsp3) is 1.00. The SMILES string of the molecule is COP(C)(=O)CP(C)(=O)O.CP(C)(=O)O.II. The number of halogens is 2. The van der Waals surface area contributed by atoms with Gasteiger partial charge in [-0.15, -0.1) is 0 Å². The van der Waals surface area contributed by atoms with Crippen LogP contribution < -0.4 is 0 Å². The summed E-state index contributed by atoms with van der Waals surface area (Å²) in [6.45, 7) is 5.11. The van der Waals surface area contributed by atoms with Crippen molar-refractivity contribution in [3.63, 3.8) is 0 Å². The van der Waals surface area contributed by atoms with Crippen LogP contribution in [-0.2, 0) is 18.2 Å². The normalized spacial score (nSPS) is 17.5. The van der Waals surface area contributed by atoms with Crippen LogP contribution in [0.2, 0.25) is 0 Å². The molecular formula is C6H19I2O6P3. The summed E-state index contributed by atoms with van der Waals surface area (Å²) < 4.78 is 36.0. The van der Waals surface area contributed by atoms with E-state index in [1.165, 1.54) is 33.8 Å². The van der Waals surface area contributed by atoms with Gasteiger partial charge >= 0.3 is 0 Å². The van der Waals surface area contributed by atoms with E-state index in [-0.39, 0.29) is 5.90 Å². The van der Waals surface area contributed by atoms with Crippen LogP contribution in [-0.4, -0.2) is 49.5 Å². The van der Waals surface area contributed by atoms with Crippen LogP contribution in [0.3, 0.4) is 0 Å². The predicted octanol–water partition coefficient (Wildman–Crippen LogP) is 3.69. The Kier molecular flexibility index (Phi) is 15.3. The Morgan fingerprint density at radius 3 is 1.29 bits per heavy atom. The van der Waals surface area contributed by atoms with Crippen molar-refractivity contribution < 1.29 is 28.0 Å². The Bertz CT molecular complexity index is 313. The second kappa shape index (κ2) is 10.8. The average molecular weight is 534 g/mol. The van der Waals surface area contributed by atoms with Gasteiger partial charge in [0.25, 0.3) is 0 Å². The highest BCUT2D eigenvalue weighted by Crippen LogP contribution is 2.55. The lowest BCUT2D eigenvalue weighted by molar-refractivity contribution is 0.400. The van der Waals surface area contributed by atoms with Gasteiger partial charge in [0, 0.05) is 71.0 Å². The van der Waals surface area contributed by atoms with Crippen molar-refractivity contribution in [3.8, 4) is 0 Å². The van der Waals surface area contributed by atoms with E-state index < -0.39 is 22.1 Å². The minimum atomic E-state index is -3.19. The van der Waals surface area contributed by atoms with Gasteiger partial charge in [0.1, 0.15) is 5.90 Å². The first-order chi connectivity index (χ1) is 7.27. The molecule has 108 valence electrons.